The molecule has 2 aliphatic rings. The number of carbonyl (C=O) groups excluding carboxylic acids is 2. The van der Waals surface area contributed by atoms with Crippen LogP contribution in [-0.2, 0) is 9.59 Å². The van der Waals surface area contributed by atoms with Crippen molar-refractivity contribution in [3.05, 3.63) is 0 Å². The van der Waals surface area contributed by atoms with Crippen molar-refractivity contribution in [1.82, 2.24) is 0 Å². The van der Waals surface area contributed by atoms with E-state index < -0.39 is 0 Å². The van der Waals surface area contributed by atoms with Crippen LogP contribution in [0.4, 0.5) is 0 Å². The van der Waals surface area contributed by atoms with E-state index in [2.05, 4.69) is 9.98 Å². The summed E-state index contributed by atoms with van der Waals surface area (Å²) in [7, 11) is 0. The Bertz CT molecular complexity index is 594. The number of isocyanates is 2. The summed E-state index contributed by atoms with van der Waals surface area (Å²) in [6, 6.07) is 0. The topological polar surface area (TPSA) is 58.9 Å². The van der Waals surface area contributed by atoms with Crippen molar-refractivity contribution in [2.75, 3.05) is 13.1 Å². The molecule has 0 radical (unpaired) electrons. The van der Waals surface area contributed by atoms with Crippen LogP contribution >= 0.6 is 0 Å². The molecule has 2 bridgehead atoms. The monoisotopic (exact) mass is 458 g/mol. The predicted molar refractivity (Wildman–Crippen MR) is 137 cm³/mol. The minimum Gasteiger partial charge on any atom is -0.211 e. The molecule has 0 N–H and O–H groups in total. The summed E-state index contributed by atoms with van der Waals surface area (Å²) in [6.07, 6.45) is 33.5. The van der Waals surface area contributed by atoms with E-state index in [-0.39, 0.29) is 0 Å². The van der Waals surface area contributed by atoms with Gasteiger partial charge in [0.25, 0.3) is 0 Å². The van der Waals surface area contributed by atoms with E-state index >= 15 is 0 Å². The second-order valence-corrected chi connectivity index (χ2v) is 11.0. The molecule has 3 unspecified atom stereocenters. The molecule has 0 saturated heterocycles. The van der Waals surface area contributed by atoms with Gasteiger partial charge < -0.3 is 0 Å². The smallest absolute Gasteiger partial charge is 0.211 e. The molecule has 4 nitrogen and oxygen atoms in total. The summed E-state index contributed by atoms with van der Waals surface area (Å²) in [4.78, 5) is 27.3. The maximum absolute atomic E-state index is 10.0. The van der Waals surface area contributed by atoms with E-state index in [1.54, 1.807) is 18.6 Å². The van der Waals surface area contributed by atoms with Crippen molar-refractivity contribution >= 4 is 12.2 Å². The molecule has 0 aromatic heterocycles. The van der Waals surface area contributed by atoms with Crippen molar-refractivity contribution in [2.45, 2.75) is 141 Å². The first-order valence-corrected chi connectivity index (χ1v) is 14.4. The molecule has 0 aliphatic heterocycles. The third-order valence-corrected chi connectivity index (χ3v) is 8.63. The molecular weight excluding hydrogens is 408 g/mol. The molecule has 0 amide bonds. The zero-order valence-corrected chi connectivity index (χ0v) is 21.3. The van der Waals surface area contributed by atoms with Crippen molar-refractivity contribution in [1.29, 1.82) is 0 Å². The summed E-state index contributed by atoms with van der Waals surface area (Å²) in [5.41, 5.74) is 0.730. The van der Waals surface area contributed by atoms with Gasteiger partial charge >= 0.3 is 0 Å². The lowest BCUT2D eigenvalue weighted by Gasteiger charge is -2.36. The number of rotatable bonds is 22. The van der Waals surface area contributed by atoms with Gasteiger partial charge in [0.1, 0.15) is 0 Å². The van der Waals surface area contributed by atoms with Crippen LogP contribution in [0.15, 0.2) is 9.98 Å². The number of hydrogen-bond donors (Lipinski definition) is 0. The fourth-order valence-electron chi connectivity index (χ4n) is 6.81. The zero-order valence-electron chi connectivity index (χ0n) is 21.3. The SMILES string of the molecule is O=C=NCCCCCCCCCCC1CC2CCC1(CCCCCCCCCCN=C=O)C2. The molecule has 4 heteroatoms. The maximum Gasteiger partial charge on any atom is 0.234 e. The van der Waals surface area contributed by atoms with Crippen LogP contribution < -0.4 is 0 Å². The minimum absolute atomic E-state index is 0.661. The third kappa shape index (κ3) is 11.6. The van der Waals surface area contributed by atoms with Gasteiger partial charge in [-0.25, -0.2) is 19.6 Å². The van der Waals surface area contributed by atoms with E-state index in [0.29, 0.717) is 13.1 Å². The van der Waals surface area contributed by atoms with Crippen LogP contribution in [0.3, 0.4) is 0 Å². The Morgan fingerprint density at radius 3 is 1.64 bits per heavy atom. The lowest BCUT2D eigenvalue weighted by atomic mass is 9.69. The first-order valence-electron chi connectivity index (χ1n) is 14.4. The van der Waals surface area contributed by atoms with Crippen LogP contribution in [-0.4, -0.2) is 25.2 Å². The number of unbranched alkanes of at least 4 members (excludes halogenated alkanes) is 14. The van der Waals surface area contributed by atoms with Crippen molar-refractivity contribution in [3.63, 3.8) is 0 Å². The summed E-state index contributed by atoms with van der Waals surface area (Å²) in [5, 5.41) is 0. The summed E-state index contributed by atoms with van der Waals surface area (Å²) in [5.74, 6) is 2.09. The van der Waals surface area contributed by atoms with Gasteiger partial charge in [0, 0.05) is 0 Å². The lowest BCUT2D eigenvalue weighted by Crippen LogP contribution is -2.25. The quantitative estimate of drug-likeness (QED) is 0.0927. The van der Waals surface area contributed by atoms with Crippen LogP contribution in [0.2, 0.25) is 0 Å². The average Bonchev–Trinajstić information content (AvgIpc) is 3.39. The molecule has 2 fully saturated rings. The fraction of sp³-hybridized carbons (Fsp3) is 0.931. The fourth-order valence-corrected chi connectivity index (χ4v) is 6.81. The van der Waals surface area contributed by atoms with Crippen molar-refractivity contribution in [3.8, 4) is 0 Å². The Balaban J connectivity index is 1.46. The Kier molecular flexibility index (Phi) is 15.4. The van der Waals surface area contributed by atoms with Crippen molar-refractivity contribution in [2.24, 2.45) is 27.2 Å². The number of hydrogen-bond acceptors (Lipinski definition) is 4. The standard InChI is InChI=1S/C29H50N2O2/c32-25-30-21-15-11-7-3-1-5-9-13-17-28-23-27-18-20-29(28,24-27)19-14-10-6-2-4-8-12-16-22-31-26-33/h27-28H,1-24H2. The molecule has 0 aromatic rings. The average molecular weight is 459 g/mol. The first-order chi connectivity index (χ1) is 16.3. The largest absolute Gasteiger partial charge is 0.234 e. The molecule has 0 spiro atoms. The highest BCUT2D eigenvalue weighted by molar-refractivity contribution is 5.32. The van der Waals surface area contributed by atoms with Gasteiger partial charge in [-0.1, -0.05) is 89.9 Å². The van der Waals surface area contributed by atoms with Gasteiger partial charge in [-0.2, -0.15) is 0 Å². The number of aliphatic imine (C=N–C) groups is 2. The molecule has 3 atom stereocenters. The molecule has 188 valence electrons. The predicted octanol–water partition coefficient (Wildman–Crippen LogP) is 8.49. The maximum atomic E-state index is 10.0. The molecule has 2 rings (SSSR count). The summed E-state index contributed by atoms with van der Waals surface area (Å²) < 4.78 is 0. The summed E-state index contributed by atoms with van der Waals surface area (Å²) >= 11 is 0. The van der Waals surface area contributed by atoms with E-state index in [0.717, 1.165) is 30.1 Å². The molecule has 33 heavy (non-hydrogen) atoms. The van der Waals surface area contributed by atoms with Crippen LogP contribution in [0, 0.1) is 17.3 Å². The second-order valence-electron chi connectivity index (χ2n) is 11.0. The van der Waals surface area contributed by atoms with Gasteiger partial charge in [-0.05, 0) is 68.6 Å². The van der Waals surface area contributed by atoms with E-state index in [1.807, 2.05) is 0 Å². The van der Waals surface area contributed by atoms with Gasteiger partial charge in [0.2, 0.25) is 12.2 Å². The molecule has 2 aliphatic carbocycles. The van der Waals surface area contributed by atoms with E-state index in [4.69, 9.17) is 0 Å². The van der Waals surface area contributed by atoms with Gasteiger partial charge in [-0.15, -0.1) is 0 Å². The van der Waals surface area contributed by atoms with Gasteiger partial charge in [0.15, 0.2) is 0 Å². The molecule has 0 aromatic carbocycles. The normalized spacial score (nSPS) is 23.4. The van der Waals surface area contributed by atoms with Gasteiger partial charge in [0.05, 0.1) is 13.1 Å². The summed E-state index contributed by atoms with van der Waals surface area (Å²) in [6.45, 7) is 1.32. The van der Waals surface area contributed by atoms with Crippen LogP contribution in [0.5, 0.6) is 0 Å². The second kappa shape index (κ2) is 18.1. The highest BCUT2D eigenvalue weighted by Crippen LogP contribution is 2.61. The lowest BCUT2D eigenvalue weighted by molar-refractivity contribution is 0.150. The third-order valence-electron chi connectivity index (χ3n) is 8.63. The van der Waals surface area contributed by atoms with Crippen LogP contribution in [0.25, 0.3) is 0 Å². The zero-order chi connectivity index (χ0) is 23.5. The van der Waals surface area contributed by atoms with Gasteiger partial charge in [-0.3, -0.25) is 0 Å². The van der Waals surface area contributed by atoms with E-state index in [1.165, 1.54) is 122 Å². The molecule has 0 heterocycles. The molecular formula is C29H50N2O2. The number of nitrogens with zero attached hydrogens (tertiary/aromatic N) is 2. The van der Waals surface area contributed by atoms with Crippen LogP contribution in [0.1, 0.15) is 141 Å². The van der Waals surface area contributed by atoms with Crippen molar-refractivity contribution < 1.29 is 9.59 Å². The highest BCUT2D eigenvalue weighted by Gasteiger charge is 2.50. The Morgan fingerprint density at radius 1 is 0.636 bits per heavy atom. The Morgan fingerprint density at radius 2 is 1.12 bits per heavy atom. The first kappa shape index (κ1) is 28.0. The number of fused-ring (bicyclic) bond motifs is 2. The van der Waals surface area contributed by atoms with E-state index in [9.17, 15) is 9.59 Å². The highest BCUT2D eigenvalue weighted by atomic mass is 16.1. The molecule has 2 saturated carbocycles. The Labute approximate surface area is 203 Å². The Hall–Kier alpha value is -1.24. The minimum atomic E-state index is 0.661.